The first kappa shape index (κ1) is 35.3. The van der Waals surface area contributed by atoms with Crippen molar-refractivity contribution in [3.63, 3.8) is 0 Å². The highest BCUT2D eigenvalue weighted by atomic mass is 15.2. The molecule has 0 N–H and O–H groups in total. The quantitative estimate of drug-likeness (QED) is 0.145. The topological polar surface area (TPSA) is 17.6 Å². The van der Waals surface area contributed by atoms with E-state index < -0.39 is 0 Å². The molecule has 2 aromatic heterocycles. The van der Waals surface area contributed by atoms with Gasteiger partial charge in [0, 0.05) is 21.7 Å². The Kier molecular flexibility index (Phi) is 8.63. The van der Waals surface area contributed by atoms with Crippen LogP contribution >= 0.6 is 0 Å². The molecule has 2 aromatic carbocycles. The first-order chi connectivity index (χ1) is 23.4. The maximum Gasteiger partial charge on any atom is 0.244 e. The molecule has 4 heteroatoms. The lowest BCUT2D eigenvalue weighted by Gasteiger charge is -2.26. The zero-order chi connectivity index (χ0) is 39.3. The molecule has 3 heterocycles. The number of rotatable bonds is 0. The number of hydrogen-bond donors (Lipinski definition) is 0. The van der Waals surface area contributed by atoms with Gasteiger partial charge in [0.2, 0.25) is 12.6 Å². The van der Waals surface area contributed by atoms with Gasteiger partial charge in [0.05, 0.1) is 0 Å². The summed E-state index contributed by atoms with van der Waals surface area (Å²) in [7, 11) is 0. The highest BCUT2D eigenvalue weighted by molar-refractivity contribution is 5.37. The van der Waals surface area contributed by atoms with Crippen LogP contribution < -0.4 is 9.13 Å². The highest BCUT2D eigenvalue weighted by Crippen LogP contribution is 2.36. The predicted octanol–water partition coefficient (Wildman–Crippen LogP) is 10.2. The Labute approximate surface area is 308 Å². The number of imidazole rings is 2. The van der Waals surface area contributed by atoms with Gasteiger partial charge in [-0.15, -0.1) is 0 Å². The van der Waals surface area contributed by atoms with E-state index in [9.17, 15) is 2.74 Å². The van der Waals surface area contributed by atoms with Crippen molar-refractivity contribution < 1.29 is 11.9 Å². The molecule has 0 atom stereocenters. The zero-order valence-electron chi connectivity index (χ0n) is 37.1. The molecule has 272 valence electrons. The Morgan fingerprint density at radius 2 is 0.720 bits per heavy atom. The summed E-state index contributed by atoms with van der Waals surface area (Å²) >= 11 is 0. The van der Waals surface area contributed by atoms with Gasteiger partial charge in [0.1, 0.15) is 26.2 Å². The Morgan fingerprint density at radius 3 is 1.00 bits per heavy atom. The Morgan fingerprint density at radius 1 is 0.420 bits per heavy atom. The lowest BCUT2D eigenvalue weighted by atomic mass is 9.81. The number of aromatic nitrogens is 4. The molecule has 0 aliphatic carbocycles. The van der Waals surface area contributed by atoms with Gasteiger partial charge in [-0.05, 0) is 56.3 Å². The largest absolute Gasteiger partial charge is 0.244 e. The highest BCUT2D eigenvalue weighted by Gasteiger charge is 2.40. The van der Waals surface area contributed by atoms with Gasteiger partial charge in [0.15, 0.2) is 25.5 Å². The Bertz CT molecular complexity index is 1730. The molecule has 50 heavy (non-hydrogen) atoms. The standard InChI is InChI=1S/C46H70N4/c1-41(2,3)35-21-31-19-32(22-35)26-48-30-50(40(46(16,17)18)38(48)44(10,11)12)28-34-20-33(23-36(24-34)42(4,5)6)27-49-29-47(25-31)37(43(7,8)9)39(49)45(13,14)15/h19-24,29-30H,25-28H2,1-18H3/q+2/i29D,30D. The third-order valence-electron chi connectivity index (χ3n) is 10.1. The molecule has 0 saturated heterocycles. The van der Waals surface area contributed by atoms with Gasteiger partial charge in [-0.1, -0.05) is 149 Å². The summed E-state index contributed by atoms with van der Waals surface area (Å²) in [5.74, 6) is 0. The van der Waals surface area contributed by atoms with E-state index in [1.54, 1.807) is 0 Å². The maximum atomic E-state index is 9.93. The Balaban J connectivity index is 1.97. The average molecular weight is 681 g/mol. The molecule has 0 saturated carbocycles. The summed E-state index contributed by atoms with van der Waals surface area (Å²) in [5, 5.41) is 0. The minimum atomic E-state index is -0.182. The van der Waals surface area contributed by atoms with Crippen molar-refractivity contribution in [1.29, 1.82) is 0 Å². The number of benzene rings is 2. The molecule has 1 aliphatic heterocycles. The van der Waals surface area contributed by atoms with Crippen LogP contribution in [-0.2, 0) is 58.7 Å². The summed E-state index contributed by atoms with van der Waals surface area (Å²) < 4.78 is 29.0. The molecule has 0 radical (unpaired) electrons. The van der Waals surface area contributed by atoms with Gasteiger partial charge in [-0.2, -0.15) is 0 Å². The van der Waals surface area contributed by atoms with E-state index in [-0.39, 0.29) is 32.5 Å². The van der Waals surface area contributed by atoms with Crippen LogP contribution in [0.4, 0.5) is 0 Å². The average Bonchev–Trinajstić information content (AvgIpc) is 3.38. The van der Waals surface area contributed by atoms with E-state index in [0.717, 1.165) is 0 Å². The smallest absolute Gasteiger partial charge is 0.229 e. The van der Waals surface area contributed by atoms with Crippen molar-refractivity contribution in [2.24, 2.45) is 0 Å². The minimum Gasteiger partial charge on any atom is -0.229 e. The van der Waals surface area contributed by atoms with Gasteiger partial charge in [-0.25, -0.2) is 18.3 Å². The van der Waals surface area contributed by atoms with E-state index in [1.807, 2.05) is 0 Å². The van der Waals surface area contributed by atoms with Crippen LogP contribution in [0.5, 0.6) is 0 Å². The number of fused-ring (bicyclic) bond motifs is 8. The lowest BCUT2D eigenvalue weighted by molar-refractivity contribution is -0.699. The summed E-state index contributed by atoms with van der Waals surface area (Å²) in [6.07, 6.45) is 1.10. The summed E-state index contributed by atoms with van der Waals surface area (Å²) in [5.41, 5.74) is 11.4. The third-order valence-corrected chi connectivity index (χ3v) is 10.1. The van der Waals surface area contributed by atoms with Crippen molar-refractivity contribution in [1.82, 2.24) is 9.13 Å². The summed E-state index contributed by atoms with van der Waals surface area (Å²) in [6, 6.07) is 14.1. The second kappa shape index (κ2) is 12.2. The summed E-state index contributed by atoms with van der Waals surface area (Å²) in [4.78, 5) is 0. The molecular formula is C46H70N4+2. The van der Waals surface area contributed by atoms with Crippen LogP contribution in [0, 0.1) is 0 Å². The summed E-state index contributed by atoms with van der Waals surface area (Å²) in [6.45, 7) is 43.8. The van der Waals surface area contributed by atoms with Crippen LogP contribution in [0.1, 0.15) is 184 Å². The van der Waals surface area contributed by atoms with Crippen LogP contribution in [0.3, 0.4) is 0 Å². The van der Waals surface area contributed by atoms with Crippen LogP contribution in [0.2, 0.25) is 0 Å². The zero-order valence-corrected chi connectivity index (χ0v) is 35.1. The fourth-order valence-electron chi connectivity index (χ4n) is 7.99. The second-order valence-corrected chi connectivity index (χ2v) is 21.5. The molecular weight excluding hydrogens is 609 g/mol. The van der Waals surface area contributed by atoms with Crippen molar-refractivity contribution >= 4 is 0 Å². The molecule has 0 fully saturated rings. The normalized spacial score (nSPS) is 15.6. The first-order valence-electron chi connectivity index (χ1n) is 19.9. The van der Waals surface area contributed by atoms with Gasteiger partial charge in [-0.3, -0.25) is 0 Å². The fourth-order valence-corrected chi connectivity index (χ4v) is 7.99. The van der Waals surface area contributed by atoms with Crippen molar-refractivity contribution in [2.75, 3.05) is 0 Å². The SMILES string of the molecule is [2H]c1n2c(C(C)(C)C)c(C(C)(C)C)[n+]1Cc1cc(cc(C(C)(C)C)c1)C[n+]1c(C(C)(C)C)c(C(C)(C)C)n(c1[2H])Cc1cc(cc(C(C)(C)C)c1)C2. The molecule has 0 unspecified atom stereocenters. The van der Waals surface area contributed by atoms with Gasteiger partial charge < -0.3 is 0 Å². The first-order valence-corrected chi connectivity index (χ1v) is 18.9. The van der Waals surface area contributed by atoms with E-state index in [4.69, 9.17) is 0 Å². The number of hydrogen-bond acceptors (Lipinski definition) is 0. The van der Waals surface area contributed by atoms with Crippen molar-refractivity contribution in [2.45, 2.75) is 183 Å². The molecule has 0 amide bonds. The molecule has 5 rings (SSSR count). The second-order valence-electron chi connectivity index (χ2n) is 21.5. The van der Waals surface area contributed by atoms with Crippen LogP contribution in [0.15, 0.2) is 49.0 Å². The molecule has 0 spiro atoms. The van der Waals surface area contributed by atoms with Gasteiger partial charge >= 0.3 is 0 Å². The van der Waals surface area contributed by atoms with Crippen LogP contribution in [-0.4, -0.2) is 9.13 Å². The molecule has 8 bridgehead atoms. The van der Waals surface area contributed by atoms with E-state index >= 15 is 0 Å². The fraction of sp³-hybridized carbons (Fsp3) is 0.609. The van der Waals surface area contributed by atoms with E-state index in [2.05, 4.69) is 179 Å². The van der Waals surface area contributed by atoms with E-state index in [1.165, 1.54) is 56.2 Å². The Hall–Kier alpha value is -3.14. The van der Waals surface area contributed by atoms with Crippen LogP contribution in [0.25, 0.3) is 0 Å². The minimum absolute atomic E-state index is 0.0628. The number of nitrogens with zero attached hydrogens (tertiary/aromatic N) is 4. The maximum absolute atomic E-state index is 9.93. The van der Waals surface area contributed by atoms with Crippen molar-refractivity contribution in [3.8, 4) is 0 Å². The molecule has 4 nitrogen and oxygen atoms in total. The lowest BCUT2D eigenvalue weighted by Crippen LogP contribution is -2.43. The van der Waals surface area contributed by atoms with E-state index in [0.29, 0.717) is 38.8 Å². The van der Waals surface area contributed by atoms with Crippen molar-refractivity contribution in [3.05, 3.63) is 105 Å². The monoisotopic (exact) mass is 681 g/mol. The predicted molar refractivity (Wildman–Crippen MR) is 211 cm³/mol. The molecule has 1 aliphatic rings. The molecule has 4 aromatic rings. The van der Waals surface area contributed by atoms with Gasteiger partial charge in [0.25, 0.3) is 0 Å². The third kappa shape index (κ3) is 7.85.